The highest BCUT2D eigenvalue weighted by Gasteiger charge is 2.26. The highest BCUT2D eigenvalue weighted by molar-refractivity contribution is 5.94. The Morgan fingerprint density at radius 1 is 1.00 bits per heavy atom. The lowest BCUT2D eigenvalue weighted by Crippen LogP contribution is -2.48. The number of ether oxygens (including phenoxy) is 2. The summed E-state index contributed by atoms with van der Waals surface area (Å²) in [6.45, 7) is 12.4. The third kappa shape index (κ3) is 5.14. The Balaban J connectivity index is 1.58. The SMILES string of the molecule is C[C@H]1CN(C(=O)c2ccc(COc3ccc(C(C)(C)C)cc3)cc2)C[C@H](C)O1. The van der Waals surface area contributed by atoms with Crippen molar-refractivity contribution in [2.45, 2.75) is 58.8 Å². The van der Waals surface area contributed by atoms with Gasteiger partial charge in [-0.05, 0) is 54.7 Å². The molecule has 0 unspecified atom stereocenters. The topological polar surface area (TPSA) is 38.8 Å². The highest BCUT2D eigenvalue weighted by atomic mass is 16.5. The normalized spacial score (nSPS) is 20.1. The molecule has 2 aromatic carbocycles. The lowest BCUT2D eigenvalue weighted by molar-refractivity contribution is -0.0586. The van der Waals surface area contributed by atoms with Gasteiger partial charge in [0.2, 0.25) is 0 Å². The molecule has 1 aliphatic heterocycles. The third-order valence-corrected chi connectivity index (χ3v) is 5.03. The average Bonchev–Trinajstić information content (AvgIpc) is 2.65. The van der Waals surface area contributed by atoms with E-state index in [4.69, 9.17) is 9.47 Å². The Bertz CT molecular complexity index is 780. The van der Waals surface area contributed by atoms with E-state index in [1.54, 1.807) is 0 Å². The van der Waals surface area contributed by atoms with Crippen molar-refractivity contribution in [1.82, 2.24) is 4.90 Å². The molecule has 0 spiro atoms. The van der Waals surface area contributed by atoms with E-state index >= 15 is 0 Å². The van der Waals surface area contributed by atoms with Crippen molar-refractivity contribution in [3.8, 4) is 5.75 Å². The molecule has 1 aliphatic rings. The van der Waals surface area contributed by atoms with Crippen LogP contribution in [-0.2, 0) is 16.8 Å². The fraction of sp³-hybridized carbons (Fsp3) is 0.458. The maximum Gasteiger partial charge on any atom is 0.254 e. The van der Waals surface area contributed by atoms with Crippen molar-refractivity contribution in [1.29, 1.82) is 0 Å². The summed E-state index contributed by atoms with van der Waals surface area (Å²) in [6.07, 6.45) is 0.148. The largest absolute Gasteiger partial charge is 0.489 e. The molecule has 0 N–H and O–H groups in total. The molecule has 4 nitrogen and oxygen atoms in total. The predicted octanol–water partition coefficient (Wildman–Crippen LogP) is 4.81. The number of benzene rings is 2. The van der Waals surface area contributed by atoms with Gasteiger partial charge in [-0.15, -0.1) is 0 Å². The summed E-state index contributed by atoms with van der Waals surface area (Å²) in [6, 6.07) is 15.9. The monoisotopic (exact) mass is 381 g/mol. The number of hydrogen-bond acceptors (Lipinski definition) is 3. The first-order chi connectivity index (χ1) is 13.2. The Morgan fingerprint density at radius 3 is 2.11 bits per heavy atom. The average molecular weight is 382 g/mol. The molecule has 28 heavy (non-hydrogen) atoms. The summed E-state index contributed by atoms with van der Waals surface area (Å²) in [7, 11) is 0. The second kappa shape index (κ2) is 8.36. The molecule has 0 aromatic heterocycles. The van der Waals surface area contributed by atoms with E-state index in [-0.39, 0.29) is 23.5 Å². The van der Waals surface area contributed by atoms with Gasteiger partial charge in [-0.2, -0.15) is 0 Å². The first-order valence-corrected chi connectivity index (χ1v) is 9.99. The number of carbonyl (C=O) groups excluding carboxylic acids is 1. The summed E-state index contributed by atoms with van der Waals surface area (Å²) < 4.78 is 11.6. The summed E-state index contributed by atoms with van der Waals surface area (Å²) in [5, 5.41) is 0. The second-order valence-electron chi connectivity index (χ2n) is 8.73. The Labute approximate surface area is 168 Å². The van der Waals surface area contributed by atoms with Gasteiger partial charge in [0.05, 0.1) is 12.2 Å². The van der Waals surface area contributed by atoms with Crippen molar-refractivity contribution >= 4 is 5.91 Å². The number of amides is 1. The van der Waals surface area contributed by atoms with Crippen LogP contribution in [0.1, 0.15) is 56.1 Å². The fourth-order valence-electron chi connectivity index (χ4n) is 3.49. The Hall–Kier alpha value is -2.33. The van der Waals surface area contributed by atoms with E-state index in [9.17, 15) is 4.79 Å². The van der Waals surface area contributed by atoms with E-state index in [0.29, 0.717) is 25.3 Å². The summed E-state index contributed by atoms with van der Waals surface area (Å²) in [5.74, 6) is 0.914. The van der Waals surface area contributed by atoms with E-state index in [2.05, 4.69) is 32.9 Å². The summed E-state index contributed by atoms with van der Waals surface area (Å²) in [4.78, 5) is 14.6. The molecule has 1 heterocycles. The quantitative estimate of drug-likeness (QED) is 0.763. The van der Waals surface area contributed by atoms with Crippen LogP contribution in [0.3, 0.4) is 0 Å². The number of nitrogens with zero attached hydrogens (tertiary/aromatic N) is 1. The minimum absolute atomic E-state index is 0.0623. The van der Waals surface area contributed by atoms with Crippen molar-refractivity contribution < 1.29 is 14.3 Å². The van der Waals surface area contributed by atoms with Gasteiger partial charge in [-0.3, -0.25) is 4.79 Å². The smallest absolute Gasteiger partial charge is 0.254 e. The van der Waals surface area contributed by atoms with Crippen LogP contribution in [0.15, 0.2) is 48.5 Å². The molecule has 0 saturated carbocycles. The number of carbonyl (C=O) groups is 1. The second-order valence-corrected chi connectivity index (χ2v) is 8.73. The number of rotatable bonds is 4. The maximum absolute atomic E-state index is 12.7. The Morgan fingerprint density at radius 2 is 1.57 bits per heavy atom. The van der Waals surface area contributed by atoms with Crippen LogP contribution < -0.4 is 4.74 Å². The molecule has 1 fully saturated rings. The van der Waals surface area contributed by atoms with Gasteiger partial charge >= 0.3 is 0 Å². The maximum atomic E-state index is 12.7. The van der Waals surface area contributed by atoms with Crippen LogP contribution in [0.4, 0.5) is 0 Å². The van der Waals surface area contributed by atoms with Gasteiger partial charge in [0.1, 0.15) is 12.4 Å². The molecule has 4 heteroatoms. The molecule has 0 aliphatic carbocycles. The van der Waals surface area contributed by atoms with Crippen LogP contribution in [0, 0.1) is 0 Å². The summed E-state index contributed by atoms with van der Waals surface area (Å²) >= 11 is 0. The minimum Gasteiger partial charge on any atom is -0.489 e. The molecule has 1 saturated heterocycles. The number of morpholine rings is 1. The van der Waals surface area contributed by atoms with Crippen LogP contribution >= 0.6 is 0 Å². The first-order valence-electron chi connectivity index (χ1n) is 9.99. The lowest BCUT2D eigenvalue weighted by Gasteiger charge is -2.35. The highest BCUT2D eigenvalue weighted by Crippen LogP contribution is 2.24. The minimum atomic E-state index is 0.0623. The van der Waals surface area contributed by atoms with Gasteiger partial charge in [-0.1, -0.05) is 45.0 Å². The molecule has 150 valence electrons. The number of hydrogen-bond donors (Lipinski definition) is 0. The van der Waals surface area contributed by atoms with Crippen molar-refractivity contribution in [3.63, 3.8) is 0 Å². The molecular formula is C24H31NO3. The molecule has 2 aromatic rings. The van der Waals surface area contributed by atoms with E-state index in [1.807, 2.05) is 55.1 Å². The lowest BCUT2D eigenvalue weighted by atomic mass is 9.87. The zero-order valence-electron chi connectivity index (χ0n) is 17.6. The molecule has 3 rings (SSSR count). The van der Waals surface area contributed by atoms with Crippen molar-refractivity contribution in [2.24, 2.45) is 0 Å². The van der Waals surface area contributed by atoms with Crippen molar-refractivity contribution in [3.05, 3.63) is 65.2 Å². The van der Waals surface area contributed by atoms with Gasteiger partial charge in [-0.25, -0.2) is 0 Å². The molecule has 1 amide bonds. The Kier molecular flexibility index (Phi) is 6.09. The third-order valence-electron chi connectivity index (χ3n) is 5.03. The molecular weight excluding hydrogens is 350 g/mol. The van der Waals surface area contributed by atoms with Crippen LogP contribution in [0.5, 0.6) is 5.75 Å². The zero-order chi connectivity index (χ0) is 20.3. The molecule has 2 atom stereocenters. The van der Waals surface area contributed by atoms with Gasteiger partial charge < -0.3 is 14.4 Å². The van der Waals surface area contributed by atoms with E-state index in [1.165, 1.54) is 5.56 Å². The van der Waals surface area contributed by atoms with Crippen LogP contribution in [0.25, 0.3) is 0 Å². The summed E-state index contributed by atoms with van der Waals surface area (Å²) in [5.41, 5.74) is 3.17. The van der Waals surface area contributed by atoms with Crippen LogP contribution in [0.2, 0.25) is 0 Å². The van der Waals surface area contributed by atoms with Gasteiger partial charge in [0.15, 0.2) is 0 Å². The van der Waals surface area contributed by atoms with Gasteiger partial charge in [0, 0.05) is 18.7 Å². The predicted molar refractivity (Wildman–Crippen MR) is 112 cm³/mol. The van der Waals surface area contributed by atoms with E-state index in [0.717, 1.165) is 11.3 Å². The van der Waals surface area contributed by atoms with Gasteiger partial charge in [0.25, 0.3) is 5.91 Å². The molecule has 0 bridgehead atoms. The fourth-order valence-corrected chi connectivity index (χ4v) is 3.49. The standard InChI is InChI=1S/C24H31NO3/c1-17-14-25(15-18(2)28-17)23(26)20-8-6-19(7-9-20)16-27-22-12-10-21(11-13-22)24(3,4)5/h6-13,17-18H,14-16H2,1-5H3/t17-,18-/m0/s1. The van der Waals surface area contributed by atoms with Crippen molar-refractivity contribution in [2.75, 3.05) is 13.1 Å². The zero-order valence-corrected chi connectivity index (χ0v) is 17.6. The molecule has 0 radical (unpaired) electrons. The van der Waals surface area contributed by atoms with E-state index < -0.39 is 0 Å². The first kappa shape index (κ1) is 20.4. The van der Waals surface area contributed by atoms with Crippen LogP contribution in [-0.4, -0.2) is 36.1 Å².